The number of methoxy groups -OCH3 is 1. The normalized spacial score (nSPS) is 13.6. The molecule has 21 heavy (non-hydrogen) atoms. The Balaban J connectivity index is 2.13. The van der Waals surface area contributed by atoms with Crippen LogP contribution in [0.25, 0.3) is 0 Å². The predicted molar refractivity (Wildman–Crippen MR) is 87.1 cm³/mol. The third kappa shape index (κ3) is 4.41. The Bertz CT molecular complexity index is 569. The van der Waals surface area contributed by atoms with Crippen molar-refractivity contribution in [2.24, 2.45) is 0 Å². The monoisotopic (exact) mass is 303 g/mol. The van der Waals surface area contributed by atoms with Crippen LogP contribution in [0.5, 0.6) is 5.75 Å². The maximum atomic E-state index is 12.5. The molecule has 2 unspecified atom stereocenters. The summed E-state index contributed by atoms with van der Waals surface area (Å²) in [5.41, 5.74) is 1.13. The first kappa shape index (κ1) is 15.7. The van der Waals surface area contributed by atoms with E-state index >= 15 is 0 Å². The number of nitrogens with one attached hydrogen (secondary N) is 1. The summed E-state index contributed by atoms with van der Waals surface area (Å²) in [4.78, 5) is 0.869. The van der Waals surface area contributed by atoms with Crippen LogP contribution in [0.2, 0.25) is 0 Å². The molecule has 2 atom stereocenters. The largest absolute Gasteiger partial charge is 0.497 e. The molecule has 2 rings (SSSR count). The van der Waals surface area contributed by atoms with Crippen LogP contribution in [-0.2, 0) is 10.8 Å². The molecule has 0 heterocycles. The highest BCUT2D eigenvalue weighted by Gasteiger charge is 2.15. The predicted octanol–water partition coefficient (Wildman–Crippen LogP) is 3.15. The topological polar surface area (TPSA) is 38.3 Å². The van der Waals surface area contributed by atoms with Gasteiger partial charge in [0.25, 0.3) is 0 Å². The van der Waals surface area contributed by atoms with Gasteiger partial charge in [-0.2, -0.15) is 0 Å². The number of ether oxygens (including phenoxy) is 1. The Morgan fingerprint density at radius 1 is 1.10 bits per heavy atom. The summed E-state index contributed by atoms with van der Waals surface area (Å²) in [5, 5.41) is 3.40. The van der Waals surface area contributed by atoms with E-state index in [1.807, 2.05) is 54.6 Å². The Morgan fingerprint density at radius 3 is 2.33 bits per heavy atom. The molecule has 0 bridgehead atoms. The third-order valence-electron chi connectivity index (χ3n) is 3.29. The van der Waals surface area contributed by atoms with Crippen molar-refractivity contribution in [3.05, 3.63) is 60.2 Å². The Hall–Kier alpha value is -1.65. The van der Waals surface area contributed by atoms with Crippen LogP contribution in [-0.4, -0.2) is 23.6 Å². The van der Waals surface area contributed by atoms with Gasteiger partial charge >= 0.3 is 0 Å². The van der Waals surface area contributed by atoms with Crippen molar-refractivity contribution in [3.8, 4) is 5.75 Å². The fraction of sp³-hybridized carbons (Fsp3) is 0.294. The van der Waals surface area contributed by atoms with E-state index in [-0.39, 0.29) is 6.04 Å². The van der Waals surface area contributed by atoms with E-state index in [4.69, 9.17) is 4.74 Å². The molecule has 0 aliphatic rings. The van der Waals surface area contributed by atoms with Gasteiger partial charge < -0.3 is 10.1 Å². The lowest BCUT2D eigenvalue weighted by Crippen LogP contribution is -2.26. The minimum absolute atomic E-state index is 0.0712. The Labute approximate surface area is 128 Å². The zero-order chi connectivity index (χ0) is 15.1. The van der Waals surface area contributed by atoms with Crippen molar-refractivity contribution in [1.29, 1.82) is 0 Å². The van der Waals surface area contributed by atoms with Crippen molar-refractivity contribution >= 4 is 10.8 Å². The number of hydrogen-bond donors (Lipinski definition) is 1. The van der Waals surface area contributed by atoms with E-state index in [0.717, 1.165) is 22.8 Å². The molecule has 2 aromatic carbocycles. The second kappa shape index (κ2) is 7.96. The minimum Gasteiger partial charge on any atom is -0.497 e. The second-order valence-electron chi connectivity index (χ2n) is 4.71. The van der Waals surface area contributed by atoms with Crippen LogP contribution in [0.4, 0.5) is 0 Å². The average molecular weight is 303 g/mol. The molecule has 0 aliphatic carbocycles. The highest BCUT2D eigenvalue weighted by Crippen LogP contribution is 2.20. The van der Waals surface area contributed by atoms with Crippen LogP contribution < -0.4 is 10.1 Å². The van der Waals surface area contributed by atoms with Gasteiger partial charge in [0.05, 0.1) is 17.9 Å². The number of hydrogen-bond acceptors (Lipinski definition) is 3. The summed E-state index contributed by atoms with van der Waals surface area (Å²) in [6.07, 6.45) is 0. The van der Waals surface area contributed by atoms with E-state index in [9.17, 15) is 4.21 Å². The highest BCUT2D eigenvalue weighted by molar-refractivity contribution is 7.85. The molecule has 0 fully saturated rings. The third-order valence-corrected chi connectivity index (χ3v) is 4.73. The fourth-order valence-corrected chi connectivity index (χ4v) is 3.44. The van der Waals surface area contributed by atoms with Gasteiger partial charge in [-0.05, 0) is 36.4 Å². The van der Waals surface area contributed by atoms with Crippen molar-refractivity contribution < 1.29 is 8.95 Å². The van der Waals surface area contributed by atoms with E-state index in [1.54, 1.807) is 7.11 Å². The first-order chi connectivity index (χ1) is 10.2. The summed E-state index contributed by atoms with van der Waals surface area (Å²) >= 11 is 0. The standard InChI is InChI=1S/C17H21NO2S/c1-3-18-17(14-9-11-15(20-2)12-10-14)13-21(19)16-7-5-4-6-8-16/h4-12,17-18H,3,13H2,1-2H3. The molecule has 0 aromatic heterocycles. The summed E-state index contributed by atoms with van der Waals surface area (Å²) in [6.45, 7) is 2.89. The fourth-order valence-electron chi connectivity index (χ4n) is 2.18. The van der Waals surface area contributed by atoms with Gasteiger partial charge in [0.15, 0.2) is 0 Å². The highest BCUT2D eigenvalue weighted by atomic mass is 32.2. The number of benzene rings is 2. The van der Waals surface area contributed by atoms with Crippen molar-refractivity contribution in [2.45, 2.75) is 17.9 Å². The lowest BCUT2D eigenvalue weighted by Gasteiger charge is -2.18. The second-order valence-corrected chi connectivity index (χ2v) is 6.20. The number of rotatable bonds is 7. The quantitative estimate of drug-likeness (QED) is 0.854. The maximum Gasteiger partial charge on any atom is 0.118 e. The smallest absolute Gasteiger partial charge is 0.118 e. The molecule has 2 aromatic rings. The van der Waals surface area contributed by atoms with Gasteiger partial charge in [-0.1, -0.05) is 37.3 Å². The molecule has 0 aliphatic heterocycles. The molecule has 0 amide bonds. The van der Waals surface area contributed by atoms with E-state index < -0.39 is 10.8 Å². The van der Waals surface area contributed by atoms with E-state index in [2.05, 4.69) is 12.2 Å². The molecule has 0 saturated carbocycles. The summed E-state index contributed by atoms with van der Waals surface area (Å²) in [5.74, 6) is 1.39. The molecule has 1 N–H and O–H groups in total. The Morgan fingerprint density at radius 2 is 1.76 bits per heavy atom. The Kier molecular flexibility index (Phi) is 5.96. The zero-order valence-electron chi connectivity index (χ0n) is 12.4. The zero-order valence-corrected chi connectivity index (χ0v) is 13.2. The molecule has 4 heteroatoms. The molecular weight excluding hydrogens is 282 g/mol. The van der Waals surface area contributed by atoms with E-state index in [1.165, 1.54) is 0 Å². The summed E-state index contributed by atoms with van der Waals surface area (Å²) in [6, 6.07) is 17.6. The maximum absolute atomic E-state index is 12.5. The van der Waals surface area contributed by atoms with Gasteiger partial charge in [0.1, 0.15) is 5.75 Å². The molecule has 0 radical (unpaired) electrons. The van der Waals surface area contributed by atoms with Gasteiger partial charge in [0, 0.05) is 16.7 Å². The lowest BCUT2D eigenvalue weighted by atomic mass is 10.1. The van der Waals surface area contributed by atoms with Crippen LogP contribution >= 0.6 is 0 Å². The van der Waals surface area contributed by atoms with Crippen LogP contribution in [0.3, 0.4) is 0 Å². The van der Waals surface area contributed by atoms with Crippen molar-refractivity contribution in [2.75, 3.05) is 19.4 Å². The molecule has 3 nitrogen and oxygen atoms in total. The average Bonchev–Trinajstić information content (AvgIpc) is 2.55. The molecule has 0 saturated heterocycles. The van der Waals surface area contributed by atoms with Crippen LogP contribution in [0.1, 0.15) is 18.5 Å². The van der Waals surface area contributed by atoms with E-state index in [0.29, 0.717) is 5.75 Å². The summed E-state index contributed by atoms with van der Waals surface area (Å²) in [7, 11) is 0.638. The first-order valence-corrected chi connectivity index (χ1v) is 8.37. The van der Waals surface area contributed by atoms with Gasteiger partial charge in [-0.25, -0.2) is 0 Å². The first-order valence-electron chi connectivity index (χ1n) is 7.05. The minimum atomic E-state index is -1.02. The molecular formula is C17H21NO2S. The lowest BCUT2D eigenvalue weighted by molar-refractivity contribution is 0.414. The molecule has 112 valence electrons. The SMILES string of the molecule is CCNC(CS(=O)c1ccccc1)c1ccc(OC)cc1. The summed E-state index contributed by atoms with van der Waals surface area (Å²) < 4.78 is 17.7. The van der Waals surface area contributed by atoms with Crippen LogP contribution in [0, 0.1) is 0 Å². The van der Waals surface area contributed by atoms with Crippen LogP contribution in [0.15, 0.2) is 59.5 Å². The molecule has 0 spiro atoms. The van der Waals surface area contributed by atoms with Gasteiger partial charge in [-0.15, -0.1) is 0 Å². The van der Waals surface area contributed by atoms with Crippen molar-refractivity contribution in [3.63, 3.8) is 0 Å². The van der Waals surface area contributed by atoms with Gasteiger partial charge in [-0.3, -0.25) is 4.21 Å². The van der Waals surface area contributed by atoms with Crippen molar-refractivity contribution in [1.82, 2.24) is 5.32 Å². The van der Waals surface area contributed by atoms with Gasteiger partial charge in [0.2, 0.25) is 0 Å².